The monoisotopic (exact) mass is 306 g/mol. The van der Waals surface area contributed by atoms with E-state index < -0.39 is 24.1 Å². The fourth-order valence-electron chi connectivity index (χ4n) is 1.45. The minimum absolute atomic E-state index is 0.0334. The van der Waals surface area contributed by atoms with Crippen LogP contribution in [-0.2, 0) is 17.4 Å². The Morgan fingerprint density at radius 2 is 2.00 bits per heavy atom. The molecule has 5 nitrogen and oxygen atoms in total. The first-order chi connectivity index (χ1) is 9.25. The van der Waals surface area contributed by atoms with Gasteiger partial charge in [-0.2, -0.15) is 13.2 Å². The third-order valence-corrected chi connectivity index (χ3v) is 2.46. The van der Waals surface area contributed by atoms with E-state index in [1.165, 1.54) is 6.07 Å². The molecule has 1 heterocycles. The molecule has 0 aliphatic heterocycles. The largest absolute Gasteiger partial charge is 0.481 e. The molecule has 0 amide bonds. The number of rotatable bonds is 3. The van der Waals surface area contributed by atoms with E-state index in [4.69, 9.17) is 21.1 Å². The highest BCUT2D eigenvalue weighted by Gasteiger charge is 2.31. The van der Waals surface area contributed by atoms with E-state index in [2.05, 4.69) is 10.2 Å². The van der Waals surface area contributed by atoms with Crippen LogP contribution in [0, 0.1) is 0 Å². The van der Waals surface area contributed by atoms with Gasteiger partial charge in [0.25, 0.3) is 0 Å². The maximum absolute atomic E-state index is 12.6. The topological polar surface area (TPSA) is 76.2 Å². The van der Waals surface area contributed by atoms with Crippen molar-refractivity contribution in [2.45, 2.75) is 12.6 Å². The Morgan fingerprint density at radius 3 is 2.60 bits per heavy atom. The van der Waals surface area contributed by atoms with Gasteiger partial charge < -0.3 is 9.52 Å². The second kappa shape index (κ2) is 5.12. The van der Waals surface area contributed by atoms with E-state index in [9.17, 15) is 18.0 Å². The first-order valence-electron chi connectivity index (χ1n) is 5.18. The number of aliphatic carboxylic acids is 1. The van der Waals surface area contributed by atoms with E-state index in [0.717, 1.165) is 12.1 Å². The molecule has 1 aromatic carbocycles. The third kappa shape index (κ3) is 3.27. The van der Waals surface area contributed by atoms with E-state index >= 15 is 0 Å². The molecular formula is C11H6ClF3N2O3. The molecule has 0 spiro atoms. The van der Waals surface area contributed by atoms with Crippen molar-refractivity contribution in [2.24, 2.45) is 0 Å². The van der Waals surface area contributed by atoms with Gasteiger partial charge in [0.05, 0.1) is 5.56 Å². The van der Waals surface area contributed by atoms with Crippen molar-refractivity contribution in [1.29, 1.82) is 0 Å². The van der Waals surface area contributed by atoms with E-state index in [1.54, 1.807) is 0 Å². The average molecular weight is 307 g/mol. The number of carboxylic acids is 1. The number of hydrogen-bond acceptors (Lipinski definition) is 4. The van der Waals surface area contributed by atoms with Crippen LogP contribution < -0.4 is 0 Å². The van der Waals surface area contributed by atoms with Gasteiger partial charge in [0.15, 0.2) is 0 Å². The summed E-state index contributed by atoms with van der Waals surface area (Å²) in [7, 11) is 0. The highest BCUT2D eigenvalue weighted by molar-refractivity contribution is 6.30. The summed E-state index contributed by atoms with van der Waals surface area (Å²) < 4.78 is 42.9. The SMILES string of the molecule is O=C(O)Cc1nnc(-c2cc(Cl)cc(C(F)(F)F)c2)o1. The molecule has 106 valence electrons. The molecule has 20 heavy (non-hydrogen) atoms. The highest BCUT2D eigenvalue weighted by atomic mass is 35.5. The summed E-state index contributed by atoms with van der Waals surface area (Å²) in [5.41, 5.74) is -0.994. The zero-order chi connectivity index (χ0) is 14.9. The third-order valence-electron chi connectivity index (χ3n) is 2.24. The summed E-state index contributed by atoms with van der Waals surface area (Å²) in [6, 6.07) is 2.78. The van der Waals surface area contributed by atoms with Gasteiger partial charge >= 0.3 is 12.1 Å². The Kier molecular flexibility index (Phi) is 3.67. The maximum Gasteiger partial charge on any atom is 0.416 e. The molecule has 0 radical (unpaired) electrons. The second-order valence-electron chi connectivity index (χ2n) is 3.80. The number of benzene rings is 1. The van der Waals surface area contributed by atoms with Crippen LogP contribution in [0.2, 0.25) is 5.02 Å². The molecule has 0 saturated carbocycles. The van der Waals surface area contributed by atoms with Crippen LogP contribution in [0.4, 0.5) is 13.2 Å². The van der Waals surface area contributed by atoms with Gasteiger partial charge in [0, 0.05) is 10.6 Å². The molecule has 2 rings (SSSR count). The van der Waals surface area contributed by atoms with Crippen LogP contribution in [0.5, 0.6) is 0 Å². The lowest BCUT2D eigenvalue weighted by Gasteiger charge is -2.08. The minimum atomic E-state index is -4.57. The molecule has 0 fully saturated rings. The van der Waals surface area contributed by atoms with Gasteiger partial charge in [0.1, 0.15) is 6.42 Å². The molecule has 0 atom stereocenters. The maximum atomic E-state index is 12.6. The highest BCUT2D eigenvalue weighted by Crippen LogP contribution is 2.34. The summed E-state index contributed by atoms with van der Waals surface area (Å²) in [6.45, 7) is 0. The van der Waals surface area contributed by atoms with Gasteiger partial charge in [0.2, 0.25) is 11.8 Å². The smallest absolute Gasteiger partial charge is 0.416 e. The number of aromatic nitrogens is 2. The van der Waals surface area contributed by atoms with E-state index in [-0.39, 0.29) is 22.4 Å². The summed E-state index contributed by atoms with van der Waals surface area (Å²) in [6.07, 6.45) is -5.08. The first-order valence-corrected chi connectivity index (χ1v) is 5.56. The number of alkyl halides is 3. The average Bonchev–Trinajstić information content (AvgIpc) is 2.74. The minimum Gasteiger partial charge on any atom is -0.481 e. The Balaban J connectivity index is 2.40. The van der Waals surface area contributed by atoms with Crippen molar-refractivity contribution in [1.82, 2.24) is 10.2 Å². The van der Waals surface area contributed by atoms with Crippen molar-refractivity contribution in [2.75, 3.05) is 0 Å². The lowest BCUT2D eigenvalue weighted by atomic mass is 10.1. The standard InChI is InChI=1S/C11H6ClF3N2O3/c12-7-2-5(1-6(3-7)11(13,14)15)10-17-16-8(20-10)4-9(18)19/h1-3H,4H2,(H,18,19). The summed E-state index contributed by atoms with van der Waals surface area (Å²) in [5, 5.41) is 15.3. The molecule has 0 saturated heterocycles. The van der Waals surface area contributed by atoms with Crippen molar-refractivity contribution < 1.29 is 27.5 Å². The Hall–Kier alpha value is -2.09. The Morgan fingerprint density at radius 1 is 1.30 bits per heavy atom. The van der Waals surface area contributed by atoms with E-state index in [1.807, 2.05) is 0 Å². The van der Waals surface area contributed by atoms with Crippen LogP contribution in [0.15, 0.2) is 22.6 Å². The zero-order valence-electron chi connectivity index (χ0n) is 9.61. The fraction of sp³-hybridized carbons (Fsp3) is 0.182. The van der Waals surface area contributed by atoms with Crippen molar-refractivity contribution in [3.8, 4) is 11.5 Å². The molecule has 9 heteroatoms. The quantitative estimate of drug-likeness (QED) is 0.943. The Bertz CT molecular complexity index is 655. The molecule has 1 aromatic heterocycles. The van der Waals surface area contributed by atoms with Gasteiger partial charge in [-0.15, -0.1) is 10.2 Å². The summed E-state index contributed by atoms with van der Waals surface area (Å²) in [4.78, 5) is 10.5. The van der Waals surface area contributed by atoms with Crippen LogP contribution in [0.25, 0.3) is 11.5 Å². The Labute approximate surface area is 115 Å². The van der Waals surface area contributed by atoms with Crippen LogP contribution in [-0.4, -0.2) is 21.3 Å². The van der Waals surface area contributed by atoms with Crippen LogP contribution >= 0.6 is 11.6 Å². The lowest BCUT2D eigenvalue weighted by molar-refractivity contribution is -0.138. The van der Waals surface area contributed by atoms with Crippen LogP contribution in [0.1, 0.15) is 11.5 Å². The van der Waals surface area contributed by atoms with Crippen LogP contribution in [0.3, 0.4) is 0 Å². The summed E-state index contributed by atoms with van der Waals surface area (Å²) >= 11 is 5.61. The number of carbonyl (C=O) groups is 1. The predicted octanol–water partition coefficient (Wildman–Crippen LogP) is 3.04. The molecule has 0 unspecified atom stereocenters. The second-order valence-corrected chi connectivity index (χ2v) is 4.23. The van der Waals surface area contributed by atoms with Gasteiger partial charge in [-0.1, -0.05) is 11.6 Å². The van der Waals surface area contributed by atoms with E-state index in [0.29, 0.717) is 0 Å². The number of nitrogens with zero attached hydrogens (tertiary/aromatic N) is 2. The number of hydrogen-bond donors (Lipinski definition) is 1. The molecule has 0 bridgehead atoms. The molecule has 0 aliphatic carbocycles. The summed E-state index contributed by atoms with van der Waals surface area (Å²) in [5.74, 6) is -1.63. The molecule has 2 aromatic rings. The molecular weight excluding hydrogens is 301 g/mol. The first kappa shape index (κ1) is 14.3. The van der Waals surface area contributed by atoms with Crippen molar-refractivity contribution >= 4 is 17.6 Å². The van der Waals surface area contributed by atoms with Crippen molar-refractivity contribution in [3.63, 3.8) is 0 Å². The molecule has 0 aliphatic rings. The lowest BCUT2D eigenvalue weighted by Crippen LogP contribution is -2.04. The zero-order valence-corrected chi connectivity index (χ0v) is 10.4. The van der Waals surface area contributed by atoms with Gasteiger partial charge in [-0.05, 0) is 18.2 Å². The number of halogens is 4. The van der Waals surface area contributed by atoms with Crippen molar-refractivity contribution in [3.05, 3.63) is 34.7 Å². The number of carboxylic acid groups (broad SMARTS) is 1. The fourth-order valence-corrected chi connectivity index (χ4v) is 1.68. The van der Waals surface area contributed by atoms with Gasteiger partial charge in [-0.3, -0.25) is 4.79 Å². The van der Waals surface area contributed by atoms with Gasteiger partial charge in [-0.25, -0.2) is 0 Å². The predicted molar refractivity (Wildman–Crippen MR) is 61.1 cm³/mol. The molecule has 1 N–H and O–H groups in total. The normalized spacial score (nSPS) is 11.6.